The Bertz CT molecular complexity index is 703. The van der Waals surface area contributed by atoms with E-state index in [0.29, 0.717) is 11.1 Å². The molecule has 0 radical (unpaired) electrons. The summed E-state index contributed by atoms with van der Waals surface area (Å²) in [5.41, 5.74) is 0.476. The molecule has 20 heavy (non-hydrogen) atoms. The van der Waals surface area contributed by atoms with E-state index < -0.39 is 11.9 Å². The molecule has 0 atom stereocenters. The quantitative estimate of drug-likeness (QED) is 0.893. The van der Waals surface area contributed by atoms with Crippen molar-refractivity contribution in [1.29, 1.82) is 5.26 Å². The molecule has 1 heterocycles. The van der Waals surface area contributed by atoms with Crippen molar-refractivity contribution in [2.24, 2.45) is 0 Å². The summed E-state index contributed by atoms with van der Waals surface area (Å²) in [6.45, 7) is 0.229. The number of fused-ring (bicyclic) bond motifs is 1. The van der Waals surface area contributed by atoms with Gasteiger partial charge in [0.2, 0.25) is 0 Å². The maximum absolute atomic E-state index is 14.0. The molecule has 1 aromatic heterocycles. The van der Waals surface area contributed by atoms with Gasteiger partial charge in [-0.2, -0.15) is 5.26 Å². The Hall–Kier alpha value is -2.75. The van der Waals surface area contributed by atoms with Gasteiger partial charge in [0, 0.05) is 18.5 Å². The number of hydrogen-bond acceptors (Lipinski definition) is 3. The van der Waals surface area contributed by atoms with Crippen LogP contribution in [0.2, 0.25) is 0 Å². The Kier molecular flexibility index (Phi) is 3.75. The molecule has 0 aliphatic rings. The fourth-order valence-corrected chi connectivity index (χ4v) is 2.09. The van der Waals surface area contributed by atoms with Crippen LogP contribution in [0.15, 0.2) is 18.2 Å². The minimum Gasteiger partial charge on any atom is -0.496 e. The number of carboxylic acid groups (broad SMARTS) is 1. The lowest BCUT2D eigenvalue weighted by Gasteiger charge is -2.08. The summed E-state index contributed by atoms with van der Waals surface area (Å²) in [4.78, 5) is 10.4. The second-order valence-electron chi connectivity index (χ2n) is 4.04. The number of rotatable bonds is 4. The molecule has 0 aliphatic heterocycles. The number of halogens is 1. The number of hydrogen-bond donors (Lipinski definition) is 2. The molecular weight excluding hydrogens is 265 g/mol. The van der Waals surface area contributed by atoms with Gasteiger partial charge in [0.25, 0.3) is 0 Å². The highest BCUT2D eigenvalue weighted by Gasteiger charge is 2.16. The van der Waals surface area contributed by atoms with E-state index in [9.17, 15) is 9.18 Å². The number of nitrogens with one attached hydrogen (secondary N) is 1. The number of methoxy groups -OCH3 is 1. The van der Waals surface area contributed by atoms with Gasteiger partial charge in [-0.05, 0) is 18.2 Å². The van der Waals surface area contributed by atoms with Crippen LogP contribution >= 0.6 is 0 Å². The van der Waals surface area contributed by atoms with Gasteiger partial charge in [-0.15, -0.1) is 0 Å². The number of aromatic nitrogens is 1. The molecule has 2 aromatic rings. The summed E-state index contributed by atoms with van der Waals surface area (Å²) >= 11 is 0. The van der Waals surface area contributed by atoms with Crippen LogP contribution in [-0.2, 0) is 6.54 Å². The van der Waals surface area contributed by atoms with E-state index >= 15 is 0 Å². The van der Waals surface area contributed by atoms with Crippen LogP contribution in [0.3, 0.4) is 0 Å². The molecule has 0 bridgehead atoms. The van der Waals surface area contributed by atoms with Crippen molar-refractivity contribution in [2.45, 2.75) is 6.54 Å². The predicted molar refractivity (Wildman–Crippen MR) is 69.2 cm³/mol. The molecule has 0 saturated carbocycles. The molecule has 2 rings (SSSR count). The molecule has 6 nitrogen and oxygen atoms in total. The van der Waals surface area contributed by atoms with Gasteiger partial charge in [-0.1, -0.05) is 0 Å². The van der Waals surface area contributed by atoms with E-state index in [4.69, 9.17) is 15.1 Å². The maximum Gasteiger partial charge on any atom is 0.404 e. The summed E-state index contributed by atoms with van der Waals surface area (Å²) < 4.78 is 20.5. The van der Waals surface area contributed by atoms with Gasteiger partial charge in [0.15, 0.2) is 0 Å². The van der Waals surface area contributed by atoms with Crippen LogP contribution in [0.1, 0.15) is 5.69 Å². The second kappa shape index (κ2) is 5.48. The molecule has 0 fully saturated rings. The summed E-state index contributed by atoms with van der Waals surface area (Å²) in [5.74, 6) is -0.0273. The standard InChI is InChI=1S/C13H12FN3O3/c1-20-11-3-2-10(14)12-9(11)6-8(7-15)17(12)5-4-16-13(18)19/h2-3,6,16H,4-5H2,1H3,(H,18,19). The fourth-order valence-electron chi connectivity index (χ4n) is 2.09. The molecular formula is C13H12FN3O3. The Balaban J connectivity index is 2.51. The largest absolute Gasteiger partial charge is 0.496 e. The first-order valence-electron chi connectivity index (χ1n) is 5.81. The molecule has 0 saturated heterocycles. The van der Waals surface area contributed by atoms with E-state index in [1.54, 1.807) is 0 Å². The Morgan fingerprint density at radius 1 is 1.60 bits per heavy atom. The highest BCUT2D eigenvalue weighted by Crippen LogP contribution is 2.30. The van der Waals surface area contributed by atoms with E-state index in [1.165, 1.54) is 29.9 Å². The van der Waals surface area contributed by atoms with Gasteiger partial charge in [-0.25, -0.2) is 9.18 Å². The van der Waals surface area contributed by atoms with Gasteiger partial charge >= 0.3 is 6.09 Å². The number of benzene rings is 1. The molecule has 1 aromatic carbocycles. The van der Waals surface area contributed by atoms with Crippen LogP contribution in [0.4, 0.5) is 9.18 Å². The van der Waals surface area contributed by atoms with Crippen LogP contribution in [-0.4, -0.2) is 29.4 Å². The lowest BCUT2D eigenvalue weighted by molar-refractivity contribution is 0.194. The lowest BCUT2D eigenvalue weighted by Crippen LogP contribution is -2.25. The molecule has 1 amide bonds. The highest BCUT2D eigenvalue weighted by molar-refractivity contribution is 5.88. The third-order valence-corrected chi connectivity index (χ3v) is 2.92. The Morgan fingerprint density at radius 3 is 2.95 bits per heavy atom. The Labute approximate surface area is 114 Å². The first-order valence-corrected chi connectivity index (χ1v) is 5.81. The molecule has 2 N–H and O–H groups in total. The van der Waals surface area contributed by atoms with E-state index in [2.05, 4.69) is 5.32 Å². The van der Waals surface area contributed by atoms with E-state index in [0.717, 1.165) is 0 Å². The van der Waals surface area contributed by atoms with Gasteiger partial charge in [0.1, 0.15) is 23.3 Å². The highest BCUT2D eigenvalue weighted by atomic mass is 19.1. The number of carbonyl (C=O) groups is 1. The van der Waals surface area contributed by atoms with Crippen molar-refractivity contribution >= 4 is 17.0 Å². The van der Waals surface area contributed by atoms with Crippen LogP contribution in [0.25, 0.3) is 10.9 Å². The minimum absolute atomic E-state index is 0.0739. The predicted octanol–water partition coefficient (Wildman–Crippen LogP) is 1.93. The minimum atomic E-state index is -1.17. The van der Waals surface area contributed by atoms with Crippen molar-refractivity contribution in [2.75, 3.05) is 13.7 Å². The number of nitriles is 1. The topological polar surface area (TPSA) is 87.3 Å². The summed E-state index contributed by atoms with van der Waals surface area (Å²) in [6, 6.07) is 6.23. The monoisotopic (exact) mass is 277 g/mol. The maximum atomic E-state index is 14.0. The first kappa shape index (κ1) is 13.7. The van der Waals surface area contributed by atoms with Crippen molar-refractivity contribution in [3.63, 3.8) is 0 Å². The van der Waals surface area contributed by atoms with Gasteiger partial charge in [-0.3, -0.25) is 0 Å². The smallest absolute Gasteiger partial charge is 0.404 e. The van der Waals surface area contributed by atoms with E-state index in [-0.39, 0.29) is 24.3 Å². The number of nitrogens with zero attached hydrogens (tertiary/aromatic N) is 2. The van der Waals surface area contributed by atoms with Gasteiger partial charge in [0.05, 0.1) is 12.6 Å². The fraction of sp³-hybridized carbons (Fsp3) is 0.231. The van der Waals surface area contributed by atoms with Crippen LogP contribution in [0.5, 0.6) is 5.75 Å². The van der Waals surface area contributed by atoms with Crippen LogP contribution in [0, 0.1) is 17.1 Å². The van der Waals surface area contributed by atoms with Crippen molar-refractivity contribution in [3.05, 3.63) is 29.7 Å². The van der Waals surface area contributed by atoms with Crippen LogP contribution < -0.4 is 10.1 Å². The zero-order chi connectivity index (χ0) is 14.7. The normalized spacial score (nSPS) is 10.2. The Morgan fingerprint density at radius 2 is 2.35 bits per heavy atom. The van der Waals surface area contributed by atoms with Crippen molar-refractivity contribution in [1.82, 2.24) is 9.88 Å². The third kappa shape index (κ3) is 2.36. The van der Waals surface area contributed by atoms with Gasteiger partial charge < -0.3 is 19.7 Å². The average molecular weight is 277 g/mol. The average Bonchev–Trinajstić information content (AvgIpc) is 2.79. The zero-order valence-corrected chi connectivity index (χ0v) is 10.7. The SMILES string of the molecule is COc1ccc(F)c2c1cc(C#N)n2CCNC(=O)O. The molecule has 7 heteroatoms. The molecule has 104 valence electrons. The zero-order valence-electron chi connectivity index (χ0n) is 10.7. The first-order chi connectivity index (χ1) is 9.58. The summed E-state index contributed by atoms with van der Waals surface area (Å²) in [5, 5.41) is 20.3. The van der Waals surface area contributed by atoms with Crippen molar-refractivity contribution < 1.29 is 19.0 Å². The lowest BCUT2D eigenvalue weighted by atomic mass is 10.2. The van der Waals surface area contributed by atoms with E-state index in [1.807, 2.05) is 6.07 Å². The van der Waals surface area contributed by atoms with Crippen molar-refractivity contribution in [3.8, 4) is 11.8 Å². The third-order valence-electron chi connectivity index (χ3n) is 2.92. The second-order valence-corrected chi connectivity index (χ2v) is 4.04. The number of amides is 1. The number of ether oxygens (including phenoxy) is 1. The molecule has 0 spiro atoms. The molecule has 0 aliphatic carbocycles. The summed E-state index contributed by atoms with van der Waals surface area (Å²) in [7, 11) is 1.46. The molecule has 0 unspecified atom stereocenters. The summed E-state index contributed by atoms with van der Waals surface area (Å²) in [6.07, 6.45) is -1.17.